The summed E-state index contributed by atoms with van der Waals surface area (Å²) in [6, 6.07) is 6.34. The molecule has 0 radical (unpaired) electrons. The first-order valence-electron chi connectivity index (χ1n) is 5.38. The first-order chi connectivity index (χ1) is 9.50. The predicted octanol–water partition coefficient (Wildman–Crippen LogP) is 4.81. The molecule has 0 saturated carbocycles. The van der Waals surface area contributed by atoms with Gasteiger partial charge in [-0.25, -0.2) is 22.5 Å². The number of hydrogen-bond donors (Lipinski definition) is 0. The number of fused-ring (bicyclic) bond motifs is 1. The Morgan fingerprint density at radius 2 is 1.50 bits per heavy atom. The van der Waals surface area contributed by atoms with E-state index in [1.165, 1.54) is 6.07 Å². The lowest BCUT2D eigenvalue weighted by Gasteiger charge is -2.05. The SMILES string of the molecule is Fc1c(F)c(-c2nc3ccccc3o2)c(F)c(F)c1Br. The molecule has 0 spiro atoms. The summed E-state index contributed by atoms with van der Waals surface area (Å²) in [5, 5.41) is 0. The molecule has 0 aliphatic rings. The zero-order valence-corrected chi connectivity index (χ0v) is 11.1. The zero-order chi connectivity index (χ0) is 14.4. The molecule has 3 aromatic rings. The third-order valence-corrected chi connectivity index (χ3v) is 3.41. The Balaban J connectivity index is 2.34. The lowest BCUT2D eigenvalue weighted by Crippen LogP contribution is -2.01. The van der Waals surface area contributed by atoms with Gasteiger partial charge in [0, 0.05) is 0 Å². The third kappa shape index (κ3) is 1.81. The van der Waals surface area contributed by atoms with Crippen LogP contribution in [-0.2, 0) is 0 Å². The monoisotopic (exact) mass is 345 g/mol. The second-order valence-corrected chi connectivity index (χ2v) is 4.72. The van der Waals surface area contributed by atoms with Crippen molar-refractivity contribution >= 4 is 27.0 Å². The summed E-state index contributed by atoms with van der Waals surface area (Å²) in [6.45, 7) is 0. The molecule has 0 unspecified atom stereocenters. The van der Waals surface area contributed by atoms with Gasteiger partial charge >= 0.3 is 0 Å². The number of halogens is 5. The largest absolute Gasteiger partial charge is 0.436 e. The van der Waals surface area contributed by atoms with E-state index in [0.29, 0.717) is 5.52 Å². The van der Waals surface area contributed by atoms with Crippen LogP contribution in [0, 0.1) is 23.3 Å². The van der Waals surface area contributed by atoms with Crippen LogP contribution in [0.15, 0.2) is 33.2 Å². The lowest BCUT2D eigenvalue weighted by atomic mass is 10.2. The molecule has 0 N–H and O–H groups in total. The van der Waals surface area contributed by atoms with Gasteiger partial charge in [0.2, 0.25) is 5.89 Å². The number of hydrogen-bond acceptors (Lipinski definition) is 2. The maximum atomic E-state index is 13.8. The Kier molecular flexibility index (Phi) is 3.01. The fourth-order valence-corrected chi connectivity index (χ4v) is 2.12. The van der Waals surface area contributed by atoms with Crippen LogP contribution < -0.4 is 0 Å². The summed E-state index contributed by atoms with van der Waals surface area (Å²) in [6.07, 6.45) is 0. The van der Waals surface area contributed by atoms with Crippen molar-refractivity contribution in [1.82, 2.24) is 4.98 Å². The second-order valence-electron chi connectivity index (χ2n) is 3.93. The highest BCUT2D eigenvalue weighted by Crippen LogP contribution is 2.35. The normalized spacial score (nSPS) is 11.2. The Morgan fingerprint density at radius 1 is 0.900 bits per heavy atom. The molecule has 1 heterocycles. The molecule has 0 fully saturated rings. The Hall–Kier alpha value is -1.89. The summed E-state index contributed by atoms with van der Waals surface area (Å²) in [7, 11) is 0. The first-order valence-corrected chi connectivity index (χ1v) is 6.17. The molecule has 0 aliphatic carbocycles. The molecule has 0 amide bonds. The lowest BCUT2D eigenvalue weighted by molar-refractivity contribution is 0.445. The highest BCUT2D eigenvalue weighted by Gasteiger charge is 2.28. The number of rotatable bonds is 1. The molecule has 0 saturated heterocycles. The molecule has 20 heavy (non-hydrogen) atoms. The summed E-state index contributed by atoms with van der Waals surface area (Å²) >= 11 is 2.44. The van der Waals surface area contributed by atoms with Gasteiger partial charge in [-0.3, -0.25) is 0 Å². The quantitative estimate of drug-likeness (QED) is 0.359. The molecule has 2 aromatic carbocycles. The molecule has 1 aromatic heterocycles. The van der Waals surface area contributed by atoms with Gasteiger partial charge in [-0.2, -0.15) is 0 Å². The van der Waals surface area contributed by atoms with Crippen molar-refractivity contribution in [1.29, 1.82) is 0 Å². The average molecular weight is 346 g/mol. The fraction of sp³-hybridized carbons (Fsp3) is 0. The minimum atomic E-state index is -1.57. The van der Waals surface area contributed by atoms with Gasteiger partial charge in [0.05, 0.1) is 4.47 Å². The summed E-state index contributed by atoms with van der Waals surface area (Å²) < 4.78 is 58.8. The van der Waals surface area contributed by atoms with Crippen molar-refractivity contribution < 1.29 is 22.0 Å². The van der Waals surface area contributed by atoms with Crippen LogP contribution in [0.4, 0.5) is 17.6 Å². The summed E-state index contributed by atoms with van der Waals surface area (Å²) in [5.41, 5.74) is -0.394. The Bertz CT molecular complexity index is 769. The van der Waals surface area contributed by atoms with E-state index in [4.69, 9.17) is 4.42 Å². The van der Waals surface area contributed by atoms with E-state index in [1.807, 2.05) is 0 Å². The molecule has 0 atom stereocenters. The molecule has 102 valence electrons. The smallest absolute Gasteiger partial charge is 0.233 e. The maximum absolute atomic E-state index is 13.8. The van der Waals surface area contributed by atoms with E-state index in [-0.39, 0.29) is 5.58 Å². The van der Waals surface area contributed by atoms with Crippen LogP contribution in [0.5, 0.6) is 0 Å². The van der Waals surface area contributed by atoms with Gasteiger partial charge in [0.1, 0.15) is 11.1 Å². The molecule has 0 aliphatic heterocycles. The minimum absolute atomic E-state index is 0.255. The number of para-hydroxylation sites is 2. The van der Waals surface area contributed by atoms with Crippen LogP contribution >= 0.6 is 15.9 Å². The number of nitrogens with zero attached hydrogens (tertiary/aromatic N) is 1. The molecular formula is C13H4BrF4NO. The van der Waals surface area contributed by atoms with Crippen molar-refractivity contribution in [2.24, 2.45) is 0 Å². The highest BCUT2D eigenvalue weighted by atomic mass is 79.9. The average Bonchev–Trinajstić information content (AvgIpc) is 2.86. The van der Waals surface area contributed by atoms with Crippen molar-refractivity contribution in [2.75, 3.05) is 0 Å². The maximum Gasteiger partial charge on any atom is 0.233 e. The standard InChI is InChI=1S/C13H4BrF4NO/c14-8-11(17)9(15)7(10(16)12(8)18)13-19-5-3-1-2-4-6(5)20-13/h1-4H. The van der Waals surface area contributed by atoms with E-state index in [0.717, 1.165) is 0 Å². The first kappa shape index (κ1) is 13.1. The Morgan fingerprint density at radius 3 is 2.10 bits per heavy atom. The second kappa shape index (κ2) is 4.59. The predicted molar refractivity (Wildman–Crippen MR) is 67.0 cm³/mol. The zero-order valence-electron chi connectivity index (χ0n) is 9.55. The number of oxazole rings is 1. The molecular weight excluding hydrogens is 342 g/mol. The molecule has 0 bridgehead atoms. The van der Waals surface area contributed by atoms with Gasteiger partial charge in [-0.1, -0.05) is 12.1 Å². The topological polar surface area (TPSA) is 26.0 Å². The van der Waals surface area contributed by atoms with Crippen molar-refractivity contribution in [3.8, 4) is 11.5 Å². The van der Waals surface area contributed by atoms with Crippen molar-refractivity contribution in [2.45, 2.75) is 0 Å². The summed E-state index contributed by atoms with van der Waals surface area (Å²) in [4.78, 5) is 3.82. The molecule has 7 heteroatoms. The van der Waals surface area contributed by atoms with E-state index < -0.39 is 39.2 Å². The van der Waals surface area contributed by atoms with Gasteiger partial charge in [-0.05, 0) is 28.1 Å². The molecule has 3 rings (SSSR count). The van der Waals surface area contributed by atoms with Gasteiger partial charge in [0.25, 0.3) is 0 Å². The van der Waals surface area contributed by atoms with E-state index >= 15 is 0 Å². The van der Waals surface area contributed by atoms with Crippen LogP contribution in [-0.4, -0.2) is 4.98 Å². The highest BCUT2D eigenvalue weighted by molar-refractivity contribution is 9.10. The van der Waals surface area contributed by atoms with Gasteiger partial charge < -0.3 is 4.42 Å². The van der Waals surface area contributed by atoms with Gasteiger partial charge in [-0.15, -0.1) is 0 Å². The van der Waals surface area contributed by atoms with Crippen LogP contribution in [0.1, 0.15) is 0 Å². The third-order valence-electron chi connectivity index (χ3n) is 2.72. The minimum Gasteiger partial charge on any atom is -0.436 e. The fourth-order valence-electron chi connectivity index (χ4n) is 1.77. The van der Waals surface area contributed by atoms with Crippen molar-refractivity contribution in [3.05, 3.63) is 52.0 Å². The van der Waals surface area contributed by atoms with Crippen LogP contribution in [0.2, 0.25) is 0 Å². The number of aromatic nitrogens is 1. The van der Waals surface area contributed by atoms with Crippen LogP contribution in [0.25, 0.3) is 22.6 Å². The van der Waals surface area contributed by atoms with E-state index in [9.17, 15) is 17.6 Å². The summed E-state index contributed by atoms with van der Waals surface area (Å²) in [5.74, 6) is -6.74. The van der Waals surface area contributed by atoms with E-state index in [1.54, 1.807) is 18.2 Å². The van der Waals surface area contributed by atoms with Crippen molar-refractivity contribution in [3.63, 3.8) is 0 Å². The van der Waals surface area contributed by atoms with Gasteiger partial charge in [0.15, 0.2) is 28.9 Å². The Labute approximate surface area is 118 Å². The number of benzene rings is 2. The van der Waals surface area contributed by atoms with E-state index in [2.05, 4.69) is 20.9 Å². The molecule has 2 nitrogen and oxygen atoms in total. The van der Waals surface area contributed by atoms with Crippen LogP contribution in [0.3, 0.4) is 0 Å².